The quantitative estimate of drug-likeness (QED) is 0.838. The highest BCUT2D eigenvalue weighted by molar-refractivity contribution is 7.14. The van der Waals surface area contributed by atoms with Gasteiger partial charge in [0, 0.05) is 18.0 Å². The van der Waals surface area contributed by atoms with Crippen molar-refractivity contribution in [3.8, 4) is 0 Å². The van der Waals surface area contributed by atoms with Crippen LogP contribution >= 0.6 is 11.3 Å². The maximum absolute atomic E-state index is 12.1. The molecule has 126 valence electrons. The minimum absolute atomic E-state index is 0.0978. The molecule has 1 saturated heterocycles. The predicted molar refractivity (Wildman–Crippen MR) is 87.8 cm³/mol. The van der Waals surface area contributed by atoms with Crippen molar-refractivity contribution in [2.24, 2.45) is 5.92 Å². The Hall–Kier alpha value is -1.40. The van der Waals surface area contributed by atoms with E-state index in [4.69, 9.17) is 9.47 Å². The molecule has 2 heterocycles. The van der Waals surface area contributed by atoms with Crippen molar-refractivity contribution in [2.45, 2.75) is 45.1 Å². The van der Waals surface area contributed by atoms with E-state index in [-0.39, 0.29) is 18.6 Å². The molecule has 1 aliphatic carbocycles. The Bertz CT molecular complexity index is 577. The van der Waals surface area contributed by atoms with E-state index in [2.05, 4.69) is 12.2 Å². The van der Waals surface area contributed by atoms with E-state index in [0.29, 0.717) is 17.3 Å². The largest absolute Gasteiger partial charge is 0.451 e. The molecule has 1 N–H and O–H groups in total. The van der Waals surface area contributed by atoms with Gasteiger partial charge in [-0.1, -0.05) is 6.92 Å². The highest BCUT2D eigenvalue weighted by atomic mass is 32.1. The van der Waals surface area contributed by atoms with Gasteiger partial charge in [0.15, 0.2) is 6.61 Å². The van der Waals surface area contributed by atoms with Crippen LogP contribution < -0.4 is 5.32 Å². The Labute approximate surface area is 140 Å². The van der Waals surface area contributed by atoms with Crippen molar-refractivity contribution in [1.82, 2.24) is 5.32 Å². The van der Waals surface area contributed by atoms with Crippen LogP contribution in [0.2, 0.25) is 0 Å². The van der Waals surface area contributed by atoms with Crippen LogP contribution in [0.25, 0.3) is 0 Å². The van der Waals surface area contributed by atoms with Gasteiger partial charge in [-0.05, 0) is 49.7 Å². The molecule has 1 amide bonds. The Morgan fingerprint density at radius 2 is 2.30 bits per heavy atom. The fourth-order valence-electron chi connectivity index (χ4n) is 3.09. The zero-order valence-electron chi connectivity index (χ0n) is 13.4. The number of carbonyl (C=O) groups is 2. The van der Waals surface area contributed by atoms with Gasteiger partial charge < -0.3 is 14.8 Å². The molecule has 0 saturated carbocycles. The van der Waals surface area contributed by atoms with E-state index < -0.39 is 5.97 Å². The molecule has 0 unspecified atom stereocenters. The third kappa shape index (κ3) is 4.32. The number of thiophene rings is 1. The fourth-order valence-corrected chi connectivity index (χ4v) is 4.19. The van der Waals surface area contributed by atoms with Crippen LogP contribution in [0.15, 0.2) is 6.07 Å². The van der Waals surface area contributed by atoms with Gasteiger partial charge in [-0.3, -0.25) is 4.79 Å². The third-order valence-corrected chi connectivity index (χ3v) is 5.63. The highest BCUT2D eigenvalue weighted by Gasteiger charge is 2.22. The molecule has 6 heteroatoms. The standard InChI is InChI=1S/C17H23NO4S/c1-11-4-5-14-12(7-11)8-15(23-14)17(20)22-10-16(19)18-9-13-3-2-6-21-13/h8,11,13H,2-7,9-10H2,1H3,(H,18,19)/t11-,13-/m0/s1. The summed E-state index contributed by atoms with van der Waals surface area (Å²) in [4.78, 5) is 25.7. The first-order valence-electron chi connectivity index (χ1n) is 8.29. The highest BCUT2D eigenvalue weighted by Crippen LogP contribution is 2.32. The van der Waals surface area contributed by atoms with Gasteiger partial charge in [0.2, 0.25) is 0 Å². The number of hydrogen-bond acceptors (Lipinski definition) is 5. The average molecular weight is 337 g/mol. The van der Waals surface area contributed by atoms with E-state index in [1.807, 2.05) is 6.07 Å². The molecule has 1 fully saturated rings. The van der Waals surface area contributed by atoms with Crippen LogP contribution in [0, 0.1) is 5.92 Å². The van der Waals surface area contributed by atoms with Crippen LogP contribution in [-0.2, 0) is 27.1 Å². The predicted octanol–water partition coefficient (Wildman–Crippen LogP) is 2.32. The lowest BCUT2D eigenvalue weighted by atomic mass is 9.90. The molecule has 0 bridgehead atoms. The Balaban J connectivity index is 1.44. The molecular weight excluding hydrogens is 314 g/mol. The maximum Gasteiger partial charge on any atom is 0.348 e. The second kappa shape index (κ2) is 7.45. The van der Waals surface area contributed by atoms with Crippen molar-refractivity contribution in [2.75, 3.05) is 19.8 Å². The van der Waals surface area contributed by atoms with Crippen molar-refractivity contribution in [3.63, 3.8) is 0 Å². The van der Waals surface area contributed by atoms with Crippen molar-refractivity contribution in [3.05, 3.63) is 21.4 Å². The normalized spacial score (nSPS) is 23.3. The molecule has 23 heavy (non-hydrogen) atoms. The SMILES string of the molecule is C[C@H]1CCc2sc(C(=O)OCC(=O)NC[C@@H]3CCCO3)cc2C1. The third-order valence-electron chi connectivity index (χ3n) is 4.42. The minimum Gasteiger partial charge on any atom is -0.451 e. The van der Waals surface area contributed by atoms with Crippen LogP contribution in [0.3, 0.4) is 0 Å². The van der Waals surface area contributed by atoms with Crippen molar-refractivity contribution < 1.29 is 19.1 Å². The van der Waals surface area contributed by atoms with Gasteiger partial charge in [-0.25, -0.2) is 4.79 Å². The molecule has 2 aliphatic rings. The summed E-state index contributed by atoms with van der Waals surface area (Å²) >= 11 is 1.50. The molecule has 0 aromatic carbocycles. The molecule has 0 radical (unpaired) electrons. The van der Waals surface area contributed by atoms with Gasteiger partial charge in [0.05, 0.1) is 6.10 Å². The van der Waals surface area contributed by atoms with Crippen molar-refractivity contribution in [1.29, 1.82) is 0 Å². The molecule has 1 aromatic heterocycles. The first-order valence-corrected chi connectivity index (χ1v) is 9.10. The Morgan fingerprint density at radius 3 is 3.09 bits per heavy atom. The number of aryl methyl sites for hydroxylation is 1. The molecular formula is C17H23NO4S. The maximum atomic E-state index is 12.1. The minimum atomic E-state index is -0.399. The number of fused-ring (bicyclic) bond motifs is 1. The number of ether oxygens (including phenoxy) is 2. The second-order valence-corrected chi connectivity index (χ2v) is 7.56. The van der Waals surface area contributed by atoms with E-state index in [1.54, 1.807) is 0 Å². The number of carbonyl (C=O) groups excluding carboxylic acids is 2. The van der Waals surface area contributed by atoms with Gasteiger partial charge in [0.1, 0.15) is 4.88 Å². The number of hydrogen-bond donors (Lipinski definition) is 1. The number of amides is 1. The van der Waals surface area contributed by atoms with Gasteiger partial charge in [-0.15, -0.1) is 11.3 Å². The van der Waals surface area contributed by atoms with E-state index in [1.165, 1.54) is 28.2 Å². The number of nitrogens with one attached hydrogen (secondary N) is 1. The summed E-state index contributed by atoms with van der Waals surface area (Å²) in [6, 6.07) is 1.93. The van der Waals surface area contributed by atoms with E-state index >= 15 is 0 Å². The van der Waals surface area contributed by atoms with E-state index in [9.17, 15) is 9.59 Å². The summed E-state index contributed by atoms with van der Waals surface area (Å²) in [5.74, 6) is -0.00216. The van der Waals surface area contributed by atoms with Crippen LogP contribution in [0.1, 0.15) is 46.3 Å². The molecule has 5 nitrogen and oxygen atoms in total. The number of esters is 1. The topological polar surface area (TPSA) is 64.6 Å². The number of rotatable bonds is 5. The lowest BCUT2D eigenvalue weighted by Gasteiger charge is -2.16. The summed E-state index contributed by atoms with van der Waals surface area (Å²) in [7, 11) is 0. The Morgan fingerprint density at radius 1 is 1.43 bits per heavy atom. The summed E-state index contributed by atoms with van der Waals surface area (Å²) in [6.07, 6.45) is 5.35. The van der Waals surface area contributed by atoms with Crippen molar-refractivity contribution >= 4 is 23.2 Å². The zero-order chi connectivity index (χ0) is 16.2. The second-order valence-electron chi connectivity index (χ2n) is 6.42. The Kier molecular flexibility index (Phi) is 5.33. The summed E-state index contributed by atoms with van der Waals surface area (Å²) in [5, 5.41) is 2.75. The summed E-state index contributed by atoms with van der Waals surface area (Å²) < 4.78 is 10.6. The molecule has 3 rings (SSSR count). The molecule has 1 aliphatic heterocycles. The first kappa shape index (κ1) is 16.5. The fraction of sp³-hybridized carbons (Fsp3) is 0.647. The average Bonchev–Trinajstić information content (AvgIpc) is 3.19. The smallest absolute Gasteiger partial charge is 0.348 e. The van der Waals surface area contributed by atoms with Gasteiger partial charge in [-0.2, -0.15) is 0 Å². The van der Waals surface area contributed by atoms with Gasteiger partial charge >= 0.3 is 5.97 Å². The van der Waals surface area contributed by atoms with Gasteiger partial charge in [0.25, 0.3) is 5.91 Å². The monoisotopic (exact) mass is 337 g/mol. The first-order chi connectivity index (χ1) is 11.1. The summed E-state index contributed by atoms with van der Waals surface area (Å²) in [5.41, 5.74) is 1.27. The molecule has 2 atom stereocenters. The lowest BCUT2D eigenvalue weighted by molar-refractivity contribution is -0.124. The zero-order valence-corrected chi connectivity index (χ0v) is 14.2. The van der Waals surface area contributed by atoms with Crippen LogP contribution in [-0.4, -0.2) is 37.7 Å². The van der Waals surface area contributed by atoms with E-state index in [0.717, 1.165) is 32.3 Å². The molecule has 0 spiro atoms. The molecule has 1 aromatic rings. The summed E-state index contributed by atoms with van der Waals surface area (Å²) in [6.45, 7) is 3.25. The van der Waals surface area contributed by atoms with Crippen LogP contribution in [0.5, 0.6) is 0 Å². The van der Waals surface area contributed by atoms with Crippen LogP contribution in [0.4, 0.5) is 0 Å². The lowest BCUT2D eigenvalue weighted by Crippen LogP contribution is -2.34.